The molecule has 0 saturated heterocycles. The van der Waals surface area contributed by atoms with Crippen LogP contribution in [0.2, 0.25) is 0 Å². The minimum Gasteiger partial charge on any atom is -0.376 e. The second-order valence-corrected chi connectivity index (χ2v) is 5.23. The standard InChI is InChI=1S/C17H18N4/c1-12-16(14-9-10-18-11-15(14)21(2)3)17(20-19-12)13-7-5-4-6-8-13/h4-11H,1-3H3,(H,19,20). The number of anilines is 1. The zero-order valence-corrected chi connectivity index (χ0v) is 12.5. The highest BCUT2D eigenvalue weighted by molar-refractivity contribution is 5.88. The summed E-state index contributed by atoms with van der Waals surface area (Å²) in [6.07, 6.45) is 3.71. The molecule has 3 rings (SSSR count). The molecule has 0 atom stereocenters. The van der Waals surface area contributed by atoms with E-state index in [1.807, 2.05) is 50.8 Å². The molecular formula is C17H18N4. The first-order valence-electron chi connectivity index (χ1n) is 6.90. The van der Waals surface area contributed by atoms with E-state index in [0.717, 1.165) is 33.8 Å². The van der Waals surface area contributed by atoms with Gasteiger partial charge in [-0.05, 0) is 13.0 Å². The molecule has 1 N–H and O–H groups in total. The number of hydrogen-bond donors (Lipinski definition) is 1. The van der Waals surface area contributed by atoms with Gasteiger partial charge in [-0.1, -0.05) is 30.3 Å². The summed E-state index contributed by atoms with van der Waals surface area (Å²) in [6.45, 7) is 2.05. The van der Waals surface area contributed by atoms with Crippen LogP contribution in [0.1, 0.15) is 5.69 Å². The lowest BCUT2D eigenvalue weighted by Gasteiger charge is -2.17. The molecule has 0 saturated carbocycles. The van der Waals surface area contributed by atoms with Gasteiger partial charge in [-0.15, -0.1) is 0 Å². The third-order valence-corrected chi connectivity index (χ3v) is 3.55. The molecule has 0 aliphatic carbocycles. The predicted octanol–water partition coefficient (Wildman–Crippen LogP) is 3.51. The van der Waals surface area contributed by atoms with Gasteiger partial charge in [0.1, 0.15) is 5.69 Å². The molecule has 0 amide bonds. The lowest BCUT2D eigenvalue weighted by Crippen LogP contribution is -2.10. The van der Waals surface area contributed by atoms with Crippen molar-refractivity contribution in [1.29, 1.82) is 0 Å². The number of nitrogens with one attached hydrogen (secondary N) is 1. The topological polar surface area (TPSA) is 44.8 Å². The number of pyridine rings is 1. The van der Waals surface area contributed by atoms with Crippen molar-refractivity contribution in [2.45, 2.75) is 6.92 Å². The average molecular weight is 278 g/mol. The Labute approximate surface area is 124 Å². The summed E-state index contributed by atoms with van der Waals surface area (Å²) < 4.78 is 0. The van der Waals surface area contributed by atoms with Crippen molar-refractivity contribution in [1.82, 2.24) is 15.2 Å². The summed E-state index contributed by atoms with van der Waals surface area (Å²) in [7, 11) is 4.05. The van der Waals surface area contributed by atoms with Crippen molar-refractivity contribution in [3.63, 3.8) is 0 Å². The van der Waals surface area contributed by atoms with Crippen LogP contribution in [0.15, 0.2) is 48.8 Å². The third kappa shape index (κ3) is 2.40. The van der Waals surface area contributed by atoms with Gasteiger partial charge in [0.05, 0.1) is 11.9 Å². The van der Waals surface area contributed by atoms with Gasteiger partial charge in [0, 0.05) is 42.7 Å². The molecule has 21 heavy (non-hydrogen) atoms. The van der Waals surface area contributed by atoms with Crippen LogP contribution in [-0.2, 0) is 0 Å². The van der Waals surface area contributed by atoms with E-state index in [-0.39, 0.29) is 0 Å². The first kappa shape index (κ1) is 13.4. The van der Waals surface area contributed by atoms with Crippen molar-refractivity contribution in [2.24, 2.45) is 0 Å². The molecule has 4 nitrogen and oxygen atoms in total. The van der Waals surface area contributed by atoms with Crippen molar-refractivity contribution < 1.29 is 0 Å². The van der Waals surface area contributed by atoms with E-state index in [1.54, 1.807) is 0 Å². The quantitative estimate of drug-likeness (QED) is 0.797. The third-order valence-electron chi connectivity index (χ3n) is 3.55. The van der Waals surface area contributed by atoms with Crippen molar-refractivity contribution >= 4 is 5.69 Å². The van der Waals surface area contributed by atoms with Crippen LogP contribution in [0.5, 0.6) is 0 Å². The molecule has 0 unspecified atom stereocenters. The zero-order chi connectivity index (χ0) is 14.8. The molecule has 0 radical (unpaired) electrons. The van der Waals surface area contributed by atoms with Gasteiger partial charge >= 0.3 is 0 Å². The van der Waals surface area contributed by atoms with Crippen molar-refractivity contribution in [3.05, 3.63) is 54.5 Å². The minimum atomic E-state index is 0.974. The van der Waals surface area contributed by atoms with Crippen LogP contribution >= 0.6 is 0 Å². The van der Waals surface area contributed by atoms with Gasteiger partial charge < -0.3 is 4.90 Å². The summed E-state index contributed by atoms with van der Waals surface area (Å²) in [6, 6.07) is 12.3. The van der Waals surface area contributed by atoms with E-state index >= 15 is 0 Å². The van der Waals surface area contributed by atoms with Crippen LogP contribution in [0.3, 0.4) is 0 Å². The second kappa shape index (κ2) is 5.40. The van der Waals surface area contributed by atoms with E-state index in [1.165, 1.54) is 0 Å². The highest BCUT2D eigenvalue weighted by atomic mass is 15.1. The van der Waals surface area contributed by atoms with Gasteiger partial charge in [-0.3, -0.25) is 10.1 Å². The Balaban J connectivity index is 2.23. The lowest BCUT2D eigenvalue weighted by molar-refractivity contribution is 1.05. The molecule has 2 heterocycles. The number of nitrogens with zero attached hydrogens (tertiary/aromatic N) is 3. The maximum atomic E-state index is 4.50. The van der Waals surface area contributed by atoms with Crippen LogP contribution in [0, 0.1) is 6.92 Å². The number of benzene rings is 1. The summed E-state index contributed by atoms with van der Waals surface area (Å²) in [5.41, 5.74) is 6.50. The fourth-order valence-corrected chi connectivity index (χ4v) is 2.52. The number of rotatable bonds is 3. The number of aromatic amines is 1. The number of hydrogen-bond acceptors (Lipinski definition) is 3. The number of H-pyrrole nitrogens is 1. The molecule has 0 bridgehead atoms. The maximum Gasteiger partial charge on any atom is 0.100 e. The van der Waals surface area contributed by atoms with Gasteiger partial charge in [-0.2, -0.15) is 5.10 Å². The zero-order valence-electron chi connectivity index (χ0n) is 12.5. The van der Waals surface area contributed by atoms with Crippen LogP contribution in [-0.4, -0.2) is 29.3 Å². The molecular weight excluding hydrogens is 260 g/mol. The molecule has 0 fully saturated rings. The Morgan fingerprint density at radius 3 is 2.52 bits per heavy atom. The Kier molecular flexibility index (Phi) is 3.44. The van der Waals surface area contributed by atoms with Gasteiger partial charge in [-0.25, -0.2) is 0 Å². The Morgan fingerprint density at radius 2 is 1.81 bits per heavy atom. The normalized spacial score (nSPS) is 10.6. The van der Waals surface area contributed by atoms with Gasteiger partial charge in [0.2, 0.25) is 0 Å². The maximum absolute atomic E-state index is 4.50. The van der Waals surface area contributed by atoms with E-state index in [9.17, 15) is 0 Å². The Morgan fingerprint density at radius 1 is 1.05 bits per heavy atom. The fourth-order valence-electron chi connectivity index (χ4n) is 2.52. The summed E-state index contributed by atoms with van der Waals surface area (Å²) >= 11 is 0. The molecule has 1 aromatic carbocycles. The highest BCUT2D eigenvalue weighted by Crippen LogP contribution is 2.37. The molecule has 0 spiro atoms. The molecule has 0 aliphatic rings. The average Bonchev–Trinajstić information content (AvgIpc) is 2.89. The molecule has 2 aromatic heterocycles. The lowest BCUT2D eigenvalue weighted by atomic mass is 9.98. The number of aromatic nitrogens is 3. The second-order valence-electron chi connectivity index (χ2n) is 5.23. The largest absolute Gasteiger partial charge is 0.376 e. The predicted molar refractivity (Wildman–Crippen MR) is 86.3 cm³/mol. The van der Waals surface area contributed by atoms with Crippen molar-refractivity contribution in [2.75, 3.05) is 19.0 Å². The van der Waals surface area contributed by atoms with Crippen LogP contribution in [0.4, 0.5) is 5.69 Å². The van der Waals surface area contributed by atoms with E-state index in [0.29, 0.717) is 0 Å². The van der Waals surface area contributed by atoms with Crippen LogP contribution < -0.4 is 4.90 Å². The summed E-state index contributed by atoms with van der Waals surface area (Å²) in [4.78, 5) is 6.31. The summed E-state index contributed by atoms with van der Waals surface area (Å²) in [5.74, 6) is 0. The minimum absolute atomic E-state index is 0.974. The molecule has 4 heteroatoms. The van der Waals surface area contributed by atoms with E-state index in [2.05, 4.69) is 39.1 Å². The Bertz CT molecular complexity index is 744. The van der Waals surface area contributed by atoms with E-state index < -0.39 is 0 Å². The fraction of sp³-hybridized carbons (Fsp3) is 0.176. The number of aryl methyl sites for hydroxylation is 1. The monoisotopic (exact) mass is 278 g/mol. The molecule has 106 valence electrons. The Hall–Kier alpha value is -2.62. The highest BCUT2D eigenvalue weighted by Gasteiger charge is 2.17. The smallest absolute Gasteiger partial charge is 0.100 e. The first-order chi connectivity index (χ1) is 10.2. The molecule has 0 aliphatic heterocycles. The molecule has 3 aromatic rings. The van der Waals surface area contributed by atoms with Gasteiger partial charge in [0.15, 0.2) is 0 Å². The van der Waals surface area contributed by atoms with E-state index in [4.69, 9.17) is 0 Å². The first-order valence-corrected chi connectivity index (χ1v) is 6.90. The SMILES string of the molecule is Cc1[nH]nc(-c2ccccc2)c1-c1ccncc1N(C)C. The van der Waals surface area contributed by atoms with Gasteiger partial charge in [0.25, 0.3) is 0 Å². The summed E-state index contributed by atoms with van der Waals surface area (Å²) in [5, 5.41) is 7.61. The van der Waals surface area contributed by atoms with Crippen LogP contribution in [0.25, 0.3) is 22.4 Å². The van der Waals surface area contributed by atoms with Crippen molar-refractivity contribution in [3.8, 4) is 22.4 Å².